The number of imidazole rings is 1. The van der Waals surface area contributed by atoms with Gasteiger partial charge in [-0.15, -0.1) is 0 Å². The molecule has 3 aromatic rings. The Hall–Kier alpha value is -3.12. The molecule has 5 rings (SSSR count). The fraction of sp³-hybridized carbons (Fsp3) is 0.238. The van der Waals surface area contributed by atoms with E-state index in [4.69, 9.17) is 10.5 Å². The summed E-state index contributed by atoms with van der Waals surface area (Å²) >= 11 is 0. The topological polar surface area (TPSA) is 72.9 Å². The number of amides is 1. The van der Waals surface area contributed by atoms with Crippen molar-refractivity contribution >= 4 is 17.6 Å². The summed E-state index contributed by atoms with van der Waals surface area (Å²) in [6, 6.07) is 10.4. The number of ether oxygens (including phenoxy) is 1. The number of hydrogen-bond acceptors (Lipinski definition) is 4. The van der Waals surface area contributed by atoms with E-state index in [1.54, 1.807) is 6.20 Å². The Morgan fingerprint density at radius 1 is 1.11 bits per heavy atom. The van der Waals surface area contributed by atoms with Crippen LogP contribution in [0.5, 0.6) is 0 Å². The van der Waals surface area contributed by atoms with Crippen molar-refractivity contribution in [2.45, 2.75) is 6.42 Å². The van der Waals surface area contributed by atoms with Crippen molar-refractivity contribution in [3.05, 3.63) is 65.2 Å². The zero-order chi connectivity index (χ0) is 18.4. The summed E-state index contributed by atoms with van der Waals surface area (Å²) < 4.78 is 7.23. The second-order valence-corrected chi connectivity index (χ2v) is 7.00. The number of nitrogens with two attached hydrogens (primary N) is 1. The fourth-order valence-electron chi connectivity index (χ4n) is 3.78. The minimum Gasteiger partial charge on any atom is -0.402 e. The molecule has 3 heterocycles. The third-order valence-electron chi connectivity index (χ3n) is 5.24. The molecule has 2 aromatic heterocycles. The number of allylic oxidation sites excluding steroid dienone is 1. The number of morpholine rings is 1. The van der Waals surface area contributed by atoms with Gasteiger partial charge in [0.05, 0.1) is 19.4 Å². The summed E-state index contributed by atoms with van der Waals surface area (Å²) in [6.45, 7) is 2.40. The van der Waals surface area contributed by atoms with Gasteiger partial charge in [-0.25, -0.2) is 4.98 Å². The maximum absolute atomic E-state index is 12.9. The number of fused-ring (bicyclic) bond motifs is 2. The lowest BCUT2D eigenvalue weighted by molar-refractivity contribution is 0.0298. The third-order valence-corrected chi connectivity index (χ3v) is 5.24. The third kappa shape index (κ3) is 2.78. The number of rotatable bonds is 2. The van der Waals surface area contributed by atoms with Crippen molar-refractivity contribution in [2.75, 3.05) is 26.3 Å². The van der Waals surface area contributed by atoms with Gasteiger partial charge in [0.15, 0.2) is 0 Å². The monoisotopic (exact) mass is 360 g/mol. The van der Waals surface area contributed by atoms with Gasteiger partial charge in [-0.1, -0.05) is 12.1 Å². The molecule has 136 valence electrons. The summed E-state index contributed by atoms with van der Waals surface area (Å²) in [6.07, 6.45) is 6.49. The summed E-state index contributed by atoms with van der Waals surface area (Å²) in [7, 11) is 0. The molecule has 0 radical (unpaired) electrons. The van der Waals surface area contributed by atoms with E-state index in [0.717, 1.165) is 28.9 Å². The molecule has 0 saturated carbocycles. The Kier molecular flexibility index (Phi) is 3.72. The van der Waals surface area contributed by atoms with Gasteiger partial charge in [0.25, 0.3) is 5.91 Å². The SMILES string of the molecule is NC1=Cc2cc(-c3ccc4ncc(C(=O)N5CCOCC5)n4c3)ccc2C1. The molecule has 2 aliphatic rings. The Morgan fingerprint density at radius 2 is 1.93 bits per heavy atom. The van der Waals surface area contributed by atoms with Crippen LogP contribution in [0.15, 0.2) is 48.4 Å². The minimum atomic E-state index is -0.00684. The van der Waals surface area contributed by atoms with Gasteiger partial charge < -0.3 is 15.4 Å². The molecule has 0 unspecified atom stereocenters. The second kappa shape index (κ2) is 6.25. The highest BCUT2D eigenvalue weighted by atomic mass is 16.5. The summed E-state index contributed by atoms with van der Waals surface area (Å²) in [5, 5.41) is 0. The number of carbonyl (C=O) groups excluding carboxylic acids is 1. The Labute approximate surface area is 156 Å². The first kappa shape index (κ1) is 16.1. The average molecular weight is 360 g/mol. The largest absolute Gasteiger partial charge is 0.402 e. The second-order valence-electron chi connectivity index (χ2n) is 7.00. The molecular formula is C21H20N4O2. The molecule has 2 N–H and O–H groups in total. The average Bonchev–Trinajstić information content (AvgIpc) is 3.29. The molecule has 0 bridgehead atoms. The van der Waals surface area contributed by atoms with Crippen LogP contribution in [0.3, 0.4) is 0 Å². The zero-order valence-electron chi connectivity index (χ0n) is 14.9. The van der Waals surface area contributed by atoms with E-state index in [-0.39, 0.29) is 5.91 Å². The highest BCUT2D eigenvalue weighted by Gasteiger charge is 2.22. The summed E-state index contributed by atoms with van der Waals surface area (Å²) in [5.41, 5.74) is 12.8. The minimum absolute atomic E-state index is 0.00684. The van der Waals surface area contributed by atoms with Gasteiger partial charge in [0.1, 0.15) is 11.3 Å². The van der Waals surface area contributed by atoms with E-state index in [9.17, 15) is 4.79 Å². The van der Waals surface area contributed by atoms with Gasteiger partial charge in [-0.05, 0) is 46.5 Å². The Bertz CT molecular complexity index is 1080. The van der Waals surface area contributed by atoms with Crippen molar-refractivity contribution in [1.82, 2.24) is 14.3 Å². The van der Waals surface area contributed by atoms with Crippen LogP contribution in [0.1, 0.15) is 21.6 Å². The van der Waals surface area contributed by atoms with Crippen LogP contribution < -0.4 is 5.73 Å². The maximum atomic E-state index is 12.9. The predicted molar refractivity (Wildman–Crippen MR) is 103 cm³/mol. The van der Waals surface area contributed by atoms with Gasteiger partial charge >= 0.3 is 0 Å². The first-order valence-electron chi connectivity index (χ1n) is 9.12. The van der Waals surface area contributed by atoms with E-state index in [1.807, 2.05) is 33.7 Å². The number of aromatic nitrogens is 2. The Balaban J connectivity index is 1.54. The number of nitrogens with zero attached hydrogens (tertiary/aromatic N) is 3. The molecule has 1 aliphatic carbocycles. The quantitative estimate of drug-likeness (QED) is 0.761. The molecule has 1 aromatic carbocycles. The van der Waals surface area contributed by atoms with E-state index in [0.29, 0.717) is 32.0 Å². The van der Waals surface area contributed by atoms with Crippen molar-refractivity contribution in [2.24, 2.45) is 5.73 Å². The molecule has 0 spiro atoms. The lowest BCUT2D eigenvalue weighted by atomic mass is 10.0. The number of hydrogen-bond donors (Lipinski definition) is 1. The normalized spacial score (nSPS) is 16.4. The standard InChI is InChI=1S/C21H20N4O2/c22-18-10-15-2-1-14(9-17(15)11-18)16-3-4-20-23-12-19(25(20)13-16)21(26)24-5-7-27-8-6-24/h1-4,9,11-13H,5-8,10,22H2. The smallest absolute Gasteiger partial charge is 0.272 e. The first-order valence-corrected chi connectivity index (χ1v) is 9.12. The molecule has 1 amide bonds. The van der Waals surface area contributed by atoms with Crippen LogP contribution in [-0.4, -0.2) is 46.5 Å². The fourth-order valence-corrected chi connectivity index (χ4v) is 3.78. The first-order chi connectivity index (χ1) is 13.2. The van der Waals surface area contributed by atoms with E-state index >= 15 is 0 Å². The van der Waals surface area contributed by atoms with Crippen LogP contribution in [0, 0.1) is 0 Å². The summed E-state index contributed by atoms with van der Waals surface area (Å²) in [4.78, 5) is 19.1. The van der Waals surface area contributed by atoms with Crippen molar-refractivity contribution in [1.29, 1.82) is 0 Å². The number of pyridine rings is 1. The number of carbonyl (C=O) groups is 1. The lowest BCUT2D eigenvalue weighted by Gasteiger charge is -2.26. The van der Waals surface area contributed by atoms with Crippen LogP contribution in [-0.2, 0) is 11.2 Å². The van der Waals surface area contributed by atoms with Crippen molar-refractivity contribution in [3.8, 4) is 11.1 Å². The maximum Gasteiger partial charge on any atom is 0.272 e. The van der Waals surface area contributed by atoms with Gasteiger partial charge in [0, 0.05) is 31.4 Å². The van der Waals surface area contributed by atoms with E-state index in [2.05, 4.69) is 23.2 Å². The predicted octanol–water partition coefficient (Wildman–Crippen LogP) is 2.33. The van der Waals surface area contributed by atoms with Gasteiger partial charge in [0.2, 0.25) is 0 Å². The summed E-state index contributed by atoms with van der Waals surface area (Å²) in [5.74, 6) is -0.00684. The molecule has 1 fully saturated rings. The van der Waals surface area contributed by atoms with Gasteiger partial charge in [-0.2, -0.15) is 0 Å². The molecule has 27 heavy (non-hydrogen) atoms. The van der Waals surface area contributed by atoms with E-state index in [1.165, 1.54) is 11.1 Å². The highest BCUT2D eigenvalue weighted by Crippen LogP contribution is 2.29. The molecule has 6 nitrogen and oxygen atoms in total. The molecule has 1 aliphatic heterocycles. The Morgan fingerprint density at radius 3 is 2.78 bits per heavy atom. The van der Waals surface area contributed by atoms with Crippen molar-refractivity contribution in [3.63, 3.8) is 0 Å². The zero-order valence-corrected chi connectivity index (χ0v) is 14.9. The molecule has 6 heteroatoms. The van der Waals surface area contributed by atoms with Gasteiger partial charge in [-0.3, -0.25) is 9.20 Å². The van der Waals surface area contributed by atoms with Crippen LogP contribution in [0.4, 0.5) is 0 Å². The highest BCUT2D eigenvalue weighted by molar-refractivity contribution is 5.93. The number of benzene rings is 1. The van der Waals surface area contributed by atoms with Crippen molar-refractivity contribution < 1.29 is 9.53 Å². The van der Waals surface area contributed by atoms with Crippen LogP contribution in [0.25, 0.3) is 22.9 Å². The van der Waals surface area contributed by atoms with E-state index < -0.39 is 0 Å². The molecular weight excluding hydrogens is 340 g/mol. The van der Waals surface area contributed by atoms with Crippen LogP contribution in [0.2, 0.25) is 0 Å². The molecule has 0 atom stereocenters. The molecule has 1 saturated heterocycles. The lowest BCUT2D eigenvalue weighted by Crippen LogP contribution is -2.41. The van der Waals surface area contributed by atoms with Crippen LogP contribution >= 0.6 is 0 Å².